The van der Waals surface area contributed by atoms with Gasteiger partial charge < -0.3 is 10.1 Å². The maximum atomic E-state index is 11.7. The van der Waals surface area contributed by atoms with Crippen molar-refractivity contribution in [3.05, 3.63) is 57.8 Å². The quantitative estimate of drug-likeness (QED) is 0.271. The number of benzene rings is 1. The smallest absolute Gasteiger partial charge is 0.407 e. The van der Waals surface area contributed by atoms with Crippen LogP contribution in [0.2, 0.25) is 0 Å². The molecule has 0 aliphatic rings. The molecule has 0 radical (unpaired) electrons. The lowest BCUT2D eigenvalue weighted by atomic mass is 10.2. The second-order valence-electron chi connectivity index (χ2n) is 5.29. The first-order chi connectivity index (χ1) is 12.6. The Morgan fingerprint density at radius 2 is 2.19 bits per heavy atom. The highest BCUT2D eigenvalue weighted by atomic mass is 32.2. The largest absolute Gasteiger partial charge is 0.445 e. The molecule has 136 valence electrons. The minimum Gasteiger partial charge on any atom is -0.445 e. The molecule has 0 saturated carbocycles. The first kappa shape index (κ1) is 18.2. The summed E-state index contributed by atoms with van der Waals surface area (Å²) in [6.45, 7) is 0.580. The number of hydrogen-bond acceptors (Lipinski definition) is 7. The summed E-state index contributed by atoms with van der Waals surface area (Å²) in [5.41, 5.74) is 0.703. The molecule has 1 aromatic carbocycles. The monoisotopic (exact) mass is 392 g/mol. The topological polar surface area (TPSA) is 98.8 Å². The Bertz CT molecular complexity index is 891. The second kappa shape index (κ2) is 8.68. The van der Waals surface area contributed by atoms with Crippen LogP contribution < -0.4 is 5.32 Å². The van der Waals surface area contributed by atoms with Gasteiger partial charge >= 0.3 is 6.09 Å². The Kier molecular flexibility index (Phi) is 6.08. The van der Waals surface area contributed by atoms with Crippen molar-refractivity contribution < 1.29 is 14.5 Å². The summed E-state index contributed by atoms with van der Waals surface area (Å²) in [5.74, 6) is 0.840. The standard InChI is InChI=1S/C16H16N4O4S2/c21-16(24-10-12-2-4-13(5-3-12)20(22)23)17-6-1-8-25-14-15-19(11-18-14)7-9-26-15/h2-5,7,9,11H,1,6,8,10H2,(H,17,21). The molecule has 0 saturated heterocycles. The van der Waals surface area contributed by atoms with Crippen molar-refractivity contribution in [2.45, 2.75) is 18.1 Å². The van der Waals surface area contributed by atoms with E-state index in [9.17, 15) is 14.9 Å². The van der Waals surface area contributed by atoms with E-state index in [1.165, 1.54) is 12.1 Å². The molecule has 26 heavy (non-hydrogen) atoms. The summed E-state index contributed by atoms with van der Waals surface area (Å²) in [6, 6.07) is 5.90. The van der Waals surface area contributed by atoms with Crippen molar-refractivity contribution in [2.24, 2.45) is 0 Å². The molecule has 10 heteroatoms. The highest BCUT2D eigenvalue weighted by Crippen LogP contribution is 2.25. The zero-order valence-corrected chi connectivity index (χ0v) is 15.3. The van der Waals surface area contributed by atoms with Gasteiger partial charge in [0.05, 0.1) is 4.92 Å². The summed E-state index contributed by atoms with van der Waals surface area (Å²) in [6.07, 6.45) is 4.06. The lowest BCUT2D eigenvalue weighted by Crippen LogP contribution is -2.25. The van der Waals surface area contributed by atoms with Gasteiger partial charge in [-0.25, -0.2) is 9.78 Å². The first-order valence-electron chi connectivity index (χ1n) is 7.80. The third-order valence-corrected chi connectivity index (χ3v) is 5.54. The molecule has 1 amide bonds. The number of nitro groups is 1. The summed E-state index contributed by atoms with van der Waals surface area (Å²) < 4.78 is 7.07. The maximum absolute atomic E-state index is 11.7. The maximum Gasteiger partial charge on any atom is 0.407 e. The van der Waals surface area contributed by atoms with Crippen LogP contribution in [0.4, 0.5) is 10.5 Å². The normalized spacial score (nSPS) is 10.8. The van der Waals surface area contributed by atoms with E-state index in [0.29, 0.717) is 12.1 Å². The van der Waals surface area contributed by atoms with Gasteiger partial charge in [-0.05, 0) is 24.1 Å². The van der Waals surface area contributed by atoms with Gasteiger partial charge in [-0.2, -0.15) is 0 Å². The van der Waals surface area contributed by atoms with E-state index in [-0.39, 0.29) is 12.3 Å². The average molecular weight is 392 g/mol. The SMILES string of the molecule is O=C(NCCCSc1ncn2ccsc12)OCc1ccc([N+](=O)[O-])cc1. The van der Waals surface area contributed by atoms with E-state index in [1.54, 1.807) is 41.6 Å². The molecule has 0 spiro atoms. The van der Waals surface area contributed by atoms with Gasteiger partial charge in [-0.3, -0.25) is 14.5 Å². The Labute approximate surface area is 157 Å². The van der Waals surface area contributed by atoms with Crippen molar-refractivity contribution in [2.75, 3.05) is 12.3 Å². The van der Waals surface area contributed by atoms with Crippen molar-refractivity contribution >= 4 is 39.7 Å². The molecule has 0 atom stereocenters. The van der Waals surface area contributed by atoms with Crippen LogP contribution in [-0.2, 0) is 11.3 Å². The number of alkyl carbamates (subject to hydrolysis) is 1. The fourth-order valence-electron chi connectivity index (χ4n) is 2.15. The Balaban J connectivity index is 1.31. The predicted molar refractivity (Wildman–Crippen MR) is 99.7 cm³/mol. The van der Waals surface area contributed by atoms with Crippen molar-refractivity contribution in [1.29, 1.82) is 0 Å². The number of carbonyl (C=O) groups excluding carboxylic acids is 1. The van der Waals surface area contributed by atoms with Gasteiger partial charge in [0.15, 0.2) is 0 Å². The molecular weight excluding hydrogens is 376 g/mol. The molecule has 0 aliphatic carbocycles. The van der Waals surface area contributed by atoms with Crippen LogP contribution in [0.25, 0.3) is 4.83 Å². The molecule has 3 aromatic rings. The van der Waals surface area contributed by atoms with E-state index in [1.807, 2.05) is 16.0 Å². The zero-order chi connectivity index (χ0) is 18.4. The van der Waals surface area contributed by atoms with Crippen LogP contribution in [0.15, 0.2) is 47.2 Å². The number of carbonyl (C=O) groups is 1. The number of thioether (sulfide) groups is 1. The number of imidazole rings is 1. The third-order valence-electron chi connectivity index (χ3n) is 3.46. The number of nitrogens with zero attached hydrogens (tertiary/aromatic N) is 3. The minimum absolute atomic E-state index is 0.00763. The van der Waals surface area contributed by atoms with Gasteiger partial charge in [0.2, 0.25) is 0 Å². The summed E-state index contributed by atoms with van der Waals surface area (Å²) in [4.78, 5) is 27.3. The van der Waals surface area contributed by atoms with Crippen LogP contribution in [-0.4, -0.2) is 32.7 Å². The number of rotatable bonds is 8. The van der Waals surface area contributed by atoms with Gasteiger partial charge in [-0.15, -0.1) is 23.1 Å². The summed E-state index contributed by atoms with van der Waals surface area (Å²) in [7, 11) is 0. The molecule has 0 unspecified atom stereocenters. The predicted octanol–water partition coefficient (Wildman–Crippen LogP) is 3.71. The van der Waals surface area contributed by atoms with Crippen molar-refractivity contribution in [1.82, 2.24) is 14.7 Å². The molecule has 0 fully saturated rings. The van der Waals surface area contributed by atoms with Gasteiger partial charge in [0, 0.05) is 36.0 Å². The van der Waals surface area contributed by atoms with Crippen LogP contribution >= 0.6 is 23.1 Å². The highest BCUT2D eigenvalue weighted by Gasteiger charge is 2.07. The van der Waals surface area contributed by atoms with E-state index >= 15 is 0 Å². The van der Waals surface area contributed by atoms with Crippen molar-refractivity contribution in [3.8, 4) is 0 Å². The molecule has 2 aromatic heterocycles. The third kappa shape index (κ3) is 4.73. The minimum atomic E-state index is -0.504. The van der Waals surface area contributed by atoms with Gasteiger partial charge in [0.25, 0.3) is 5.69 Å². The van der Waals surface area contributed by atoms with E-state index in [0.717, 1.165) is 22.0 Å². The molecule has 1 N–H and O–H groups in total. The Morgan fingerprint density at radius 1 is 1.38 bits per heavy atom. The number of hydrogen-bond donors (Lipinski definition) is 1. The number of fused-ring (bicyclic) bond motifs is 1. The molecule has 8 nitrogen and oxygen atoms in total. The van der Waals surface area contributed by atoms with Crippen LogP contribution in [0, 0.1) is 10.1 Å². The number of thiazole rings is 1. The number of ether oxygens (including phenoxy) is 1. The van der Waals surface area contributed by atoms with Gasteiger partial charge in [-0.1, -0.05) is 0 Å². The van der Waals surface area contributed by atoms with Crippen LogP contribution in [0.1, 0.15) is 12.0 Å². The molecule has 0 aliphatic heterocycles. The number of non-ortho nitro benzene ring substituents is 1. The van der Waals surface area contributed by atoms with E-state index < -0.39 is 11.0 Å². The number of aromatic nitrogens is 2. The van der Waals surface area contributed by atoms with Crippen LogP contribution in [0.5, 0.6) is 0 Å². The first-order valence-corrected chi connectivity index (χ1v) is 9.67. The molecule has 3 rings (SSSR count). The molecular formula is C16H16N4O4S2. The van der Waals surface area contributed by atoms with Gasteiger partial charge in [0.1, 0.15) is 22.8 Å². The lowest BCUT2D eigenvalue weighted by Gasteiger charge is -2.06. The second-order valence-corrected chi connectivity index (χ2v) is 7.27. The number of nitrogens with one attached hydrogen (secondary N) is 1. The Morgan fingerprint density at radius 3 is 2.96 bits per heavy atom. The summed E-state index contributed by atoms with van der Waals surface area (Å²) >= 11 is 3.31. The van der Waals surface area contributed by atoms with E-state index in [2.05, 4.69) is 10.3 Å². The average Bonchev–Trinajstić information content (AvgIpc) is 3.24. The molecule has 2 heterocycles. The fraction of sp³-hybridized carbons (Fsp3) is 0.250. The number of nitro benzene ring substituents is 1. The Hall–Kier alpha value is -2.59. The summed E-state index contributed by atoms with van der Waals surface area (Å²) in [5, 5.41) is 16.3. The fourth-order valence-corrected chi connectivity index (χ4v) is 4.01. The van der Waals surface area contributed by atoms with Crippen LogP contribution in [0.3, 0.4) is 0 Å². The zero-order valence-electron chi connectivity index (χ0n) is 13.7. The number of amides is 1. The van der Waals surface area contributed by atoms with E-state index in [4.69, 9.17) is 4.74 Å². The molecule has 0 bridgehead atoms. The van der Waals surface area contributed by atoms with Crippen molar-refractivity contribution in [3.63, 3.8) is 0 Å². The lowest BCUT2D eigenvalue weighted by molar-refractivity contribution is -0.384. The highest BCUT2D eigenvalue weighted by molar-refractivity contribution is 7.99.